The zero-order chi connectivity index (χ0) is 20.3. The van der Waals surface area contributed by atoms with Crippen molar-refractivity contribution < 1.29 is 18.0 Å². The van der Waals surface area contributed by atoms with Crippen molar-refractivity contribution >= 4 is 39.1 Å². The van der Waals surface area contributed by atoms with Crippen molar-refractivity contribution in [3.05, 3.63) is 54.1 Å². The van der Waals surface area contributed by atoms with E-state index in [2.05, 4.69) is 10.6 Å². The monoisotopic (exact) mass is 418 g/mol. The van der Waals surface area contributed by atoms with Crippen LogP contribution in [0.15, 0.2) is 58.3 Å². The largest absolute Gasteiger partial charge is 0.352 e. The van der Waals surface area contributed by atoms with Crippen molar-refractivity contribution in [3.63, 3.8) is 0 Å². The summed E-state index contributed by atoms with van der Waals surface area (Å²) in [5, 5.41) is 5.28. The quantitative estimate of drug-likeness (QED) is 0.753. The highest BCUT2D eigenvalue weighted by Gasteiger charge is 2.27. The van der Waals surface area contributed by atoms with E-state index in [-0.39, 0.29) is 27.7 Å². The summed E-state index contributed by atoms with van der Waals surface area (Å²) in [4.78, 5) is 25.1. The molecule has 28 heavy (non-hydrogen) atoms. The minimum Gasteiger partial charge on any atom is -0.352 e. The van der Waals surface area contributed by atoms with Gasteiger partial charge in [-0.05, 0) is 30.7 Å². The molecule has 2 atom stereocenters. The van der Waals surface area contributed by atoms with Gasteiger partial charge >= 0.3 is 0 Å². The van der Waals surface area contributed by atoms with E-state index in [0.29, 0.717) is 12.2 Å². The number of carbonyl (C=O) groups excluding carboxylic acids is 2. The molecule has 2 aromatic rings. The van der Waals surface area contributed by atoms with Gasteiger partial charge in [-0.15, -0.1) is 11.8 Å². The summed E-state index contributed by atoms with van der Waals surface area (Å²) < 4.78 is 25.5. The topological polar surface area (TPSA) is 92.3 Å². The molecule has 0 aromatic heterocycles. The first-order chi connectivity index (χ1) is 13.3. The van der Waals surface area contributed by atoms with Crippen molar-refractivity contribution in [1.82, 2.24) is 5.32 Å². The van der Waals surface area contributed by atoms with E-state index >= 15 is 0 Å². The van der Waals surface area contributed by atoms with Gasteiger partial charge in [0.05, 0.1) is 21.6 Å². The average molecular weight is 419 g/mol. The summed E-state index contributed by atoms with van der Waals surface area (Å²) in [7, 11) is -3.67. The van der Waals surface area contributed by atoms with Crippen molar-refractivity contribution in [3.8, 4) is 0 Å². The number of thioether (sulfide) groups is 1. The third-order valence-corrected chi connectivity index (χ3v) is 7.56. The van der Waals surface area contributed by atoms with E-state index < -0.39 is 15.8 Å². The summed E-state index contributed by atoms with van der Waals surface area (Å²) in [6.07, 6.45) is 0. The minimum atomic E-state index is -3.67. The summed E-state index contributed by atoms with van der Waals surface area (Å²) >= 11 is 1.39. The number of sulfone groups is 1. The molecule has 0 spiro atoms. The van der Waals surface area contributed by atoms with Crippen LogP contribution in [0.4, 0.5) is 5.69 Å². The van der Waals surface area contributed by atoms with Crippen LogP contribution in [-0.4, -0.2) is 31.2 Å². The van der Waals surface area contributed by atoms with Gasteiger partial charge in [0.25, 0.3) is 0 Å². The summed E-state index contributed by atoms with van der Waals surface area (Å²) in [5.41, 5.74) is 1.44. The lowest BCUT2D eigenvalue weighted by Crippen LogP contribution is -2.32. The first kappa shape index (κ1) is 20.4. The molecule has 8 heteroatoms. The molecule has 1 aliphatic rings. The number of hydrogen-bond donors (Lipinski definition) is 2. The van der Waals surface area contributed by atoms with Gasteiger partial charge in [0, 0.05) is 17.4 Å². The van der Waals surface area contributed by atoms with Crippen LogP contribution in [-0.2, 0) is 26.0 Å². The molecule has 0 radical (unpaired) electrons. The van der Waals surface area contributed by atoms with Crippen LogP contribution < -0.4 is 10.6 Å². The molecule has 0 saturated carbocycles. The lowest BCUT2D eigenvalue weighted by atomic mass is 10.2. The molecule has 148 valence electrons. The summed E-state index contributed by atoms with van der Waals surface area (Å²) in [6, 6.07) is 14.1. The molecule has 2 unspecified atom stereocenters. The van der Waals surface area contributed by atoms with Crippen molar-refractivity contribution in [2.75, 3.05) is 11.1 Å². The number of rotatable bonds is 6. The first-order valence-electron chi connectivity index (χ1n) is 8.92. The molecule has 0 saturated heterocycles. The molecule has 0 fully saturated rings. The summed E-state index contributed by atoms with van der Waals surface area (Å²) in [5.74, 6) is -1.47. The highest BCUT2D eigenvalue weighted by Crippen LogP contribution is 2.37. The Morgan fingerprint density at radius 1 is 1.21 bits per heavy atom. The van der Waals surface area contributed by atoms with Crippen LogP contribution in [0.5, 0.6) is 0 Å². The zero-order valence-corrected chi connectivity index (χ0v) is 17.3. The van der Waals surface area contributed by atoms with E-state index in [1.54, 1.807) is 19.9 Å². The van der Waals surface area contributed by atoms with Gasteiger partial charge in [-0.25, -0.2) is 8.42 Å². The van der Waals surface area contributed by atoms with Gasteiger partial charge < -0.3 is 10.6 Å². The predicted molar refractivity (Wildman–Crippen MR) is 110 cm³/mol. The number of anilines is 1. The maximum absolute atomic E-state index is 12.8. The van der Waals surface area contributed by atoms with Crippen molar-refractivity contribution in [1.29, 1.82) is 0 Å². The van der Waals surface area contributed by atoms with E-state index in [0.717, 1.165) is 10.5 Å². The molecule has 1 heterocycles. The van der Waals surface area contributed by atoms with E-state index in [4.69, 9.17) is 0 Å². The van der Waals surface area contributed by atoms with E-state index in [1.165, 1.54) is 23.9 Å². The van der Waals surface area contributed by atoms with Crippen LogP contribution in [0.3, 0.4) is 0 Å². The predicted octanol–water partition coefficient (Wildman–Crippen LogP) is 2.85. The number of hydrogen-bond acceptors (Lipinski definition) is 5. The third-order valence-electron chi connectivity index (χ3n) is 4.47. The van der Waals surface area contributed by atoms with Crippen molar-refractivity contribution in [2.45, 2.75) is 35.4 Å². The van der Waals surface area contributed by atoms with Gasteiger partial charge in [0.1, 0.15) is 0 Å². The van der Waals surface area contributed by atoms with E-state index in [1.807, 2.05) is 30.3 Å². The smallest absolute Gasteiger partial charge is 0.237 e. The van der Waals surface area contributed by atoms with Gasteiger partial charge in [0.2, 0.25) is 11.8 Å². The normalized spacial score (nSPS) is 17.4. The van der Waals surface area contributed by atoms with Crippen LogP contribution >= 0.6 is 11.8 Å². The van der Waals surface area contributed by atoms with Crippen LogP contribution in [0.2, 0.25) is 0 Å². The average Bonchev–Trinajstić information content (AvgIpc) is 2.67. The first-order valence-corrected chi connectivity index (χ1v) is 11.5. The third kappa shape index (κ3) is 4.74. The molecule has 2 aromatic carbocycles. The minimum absolute atomic E-state index is 0.101. The number of fused-ring (bicyclic) bond motifs is 1. The van der Waals surface area contributed by atoms with Crippen LogP contribution in [0.1, 0.15) is 19.4 Å². The highest BCUT2D eigenvalue weighted by atomic mass is 32.2. The lowest BCUT2D eigenvalue weighted by Gasteiger charge is -2.22. The second-order valence-electron chi connectivity index (χ2n) is 6.79. The molecule has 1 aliphatic heterocycles. The Balaban J connectivity index is 1.67. The number of carbonyl (C=O) groups is 2. The highest BCUT2D eigenvalue weighted by molar-refractivity contribution is 8.01. The van der Waals surface area contributed by atoms with Gasteiger partial charge in [-0.1, -0.05) is 37.3 Å². The molecule has 2 N–H and O–H groups in total. The fourth-order valence-electron chi connectivity index (χ4n) is 2.84. The van der Waals surface area contributed by atoms with Crippen molar-refractivity contribution in [2.24, 2.45) is 5.92 Å². The number of amides is 2. The molecular weight excluding hydrogens is 396 g/mol. The Hall–Kier alpha value is -2.32. The Bertz CT molecular complexity index is 991. The molecule has 6 nitrogen and oxygen atoms in total. The zero-order valence-electron chi connectivity index (χ0n) is 15.6. The van der Waals surface area contributed by atoms with Gasteiger partial charge in [0.15, 0.2) is 9.84 Å². The maximum Gasteiger partial charge on any atom is 0.237 e. The molecular formula is C20H22N2O4S2. The lowest BCUT2D eigenvalue weighted by molar-refractivity contribution is -0.124. The molecule has 2 amide bonds. The Morgan fingerprint density at radius 3 is 2.64 bits per heavy atom. The maximum atomic E-state index is 12.8. The second kappa shape index (κ2) is 8.36. The fraction of sp³-hybridized carbons (Fsp3) is 0.300. The van der Waals surface area contributed by atoms with E-state index in [9.17, 15) is 18.0 Å². The standard InChI is InChI=1S/C20H22N2O4S2/c1-13(19(23)21-11-15-6-4-3-5-7-15)12-28(25,26)16-8-9-18-17(10-16)22-20(24)14(2)27-18/h3-10,13-14H,11-12H2,1-2H3,(H,21,23)(H,22,24). The summed E-state index contributed by atoms with van der Waals surface area (Å²) in [6.45, 7) is 3.74. The second-order valence-corrected chi connectivity index (χ2v) is 10.2. The fourth-order valence-corrected chi connectivity index (χ4v) is 5.35. The Labute approximate surface area is 169 Å². The Morgan fingerprint density at radius 2 is 1.93 bits per heavy atom. The SMILES string of the molecule is CC(CS(=O)(=O)c1ccc2c(c1)NC(=O)C(C)S2)C(=O)NCc1ccccc1. The van der Waals surface area contributed by atoms with Gasteiger partial charge in [-0.2, -0.15) is 0 Å². The number of nitrogens with one attached hydrogen (secondary N) is 2. The molecule has 3 rings (SSSR count). The number of benzene rings is 2. The molecule has 0 aliphatic carbocycles. The van der Waals surface area contributed by atoms with Crippen LogP contribution in [0.25, 0.3) is 0 Å². The Kier molecular flexibility index (Phi) is 6.10. The van der Waals surface area contributed by atoms with Gasteiger partial charge in [-0.3, -0.25) is 9.59 Å². The molecule has 0 bridgehead atoms. The van der Waals surface area contributed by atoms with Crippen LogP contribution in [0, 0.1) is 5.92 Å².